The lowest BCUT2D eigenvalue weighted by Crippen LogP contribution is -2.43. The number of nitrogens with one attached hydrogen (secondary N) is 1. The summed E-state index contributed by atoms with van der Waals surface area (Å²) < 4.78 is 11.5. The number of hydrogen-bond acceptors (Lipinski definition) is 4. The van der Waals surface area contributed by atoms with Crippen LogP contribution >= 0.6 is 0 Å². The summed E-state index contributed by atoms with van der Waals surface area (Å²) in [6, 6.07) is 7.36. The van der Waals surface area contributed by atoms with Crippen molar-refractivity contribution in [2.75, 3.05) is 19.7 Å². The van der Waals surface area contributed by atoms with Crippen LogP contribution in [0.25, 0.3) is 11.0 Å². The molecule has 1 aromatic carbocycles. The summed E-state index contributed by atoms with van der Waals surface area (Å²) in [7, 11) is 0. The largest absolute Gasteiger partial charge is 0.490 e. The Morgan fingerprint density at radius 1 is 1.40 bits per heavy atom. The van der Waals surface area contributed by atoms with E-state index >= 15 is 0 Å². The highest BCUT2D eigenvalue weighted by Crippen LogP contribution is 2.31. The predicted octanol–water partition coefficient (Wildman–Crippen LogP) is 3.02. The average Bonchev–Trinajstić information content (AvgIpc) is 3.03. The van der Waals surface area contributed by atoms with Crippen molar-refractivity contribution in [2.24, 2.45) is 0 Å². The molecule has 1 N–H and O–H groups in total. The Bertz CT molecular complexity index is 768. The van der Waals surface area contributed by atoms with Crippen LogP contribution in [0.5, 0.6) is 5.75 Å². The minimum absolute atomic E-state index is 0.0548. The van der Waals surface area contributed by atoms with E-state index < -0.39 is 0 Å². The van der Waals surface area contributed by atoms with Crippen LogP contribution in [-0.2, 0) is 9.59 Å². The number of nitrogens with zero attached hydrogens (tertiary/aromatic N) is 1. The first-order valence-corrected chi connectivity index (χ1v) is 8.81. The van der Waals surface area contributed by atoms with Crippen molar-refractivity contribution in [2.45, 2.75) is 39.2 Å². The zero-order valence-electron chi connectivity index (χ0n) is 14.7. The van der Waals surface area contributed by atoms with Gasteiger partial charge in [-0.05, 0) is 38.8 Å². The molecule has 1 fully saturated rings. The molecule has 1 aliphatic heterocycles. The third-order valence-corrected chi connectivity index (χ3v) is 4.39. The molecule has 0 aliphatic carbocycles. The number of furan rings is 1. The molecular formula is C19H24N2O4. The summed E-state index contributed by atoms with van der Waals surface area (Å²) in [5, 5.41) is 3.85. The van der Waals surface area contributed by atoms with Gasteiger partial charge in [0.05, 0.1) is 19.2 Å². The summed E-state index contributed by atoms with van der Waals surface area (Å²) in [6.45, 7) is 5.11. The smallest absolute Gasteiger partial charge is 0.240 e. The van der Waals surface area contributed by atoms with Gasteiger partial charge in [-0.15, -0.1) is 0 Å². The topological polar surface area (TPSA) is 71.8 Å². The van der Waals surface area contributed by atoms with E-state index in [2.05, 4.69) is 5.32 Å². The second-order valence-electron chi connectivity index (χ2n) is 6.32. The van der Waals surface area contributed by atoms with E-state index in [1.165, 1.54) is 0 Å². The van der Waals surface area contributed by atoms with E-state index in [-0.39, 0.29) is 24.4 Å². The highest BCUT2D eigenvalue weighted by molar-refractivity contribution is 5.86. The first kappa shape index (κ1) is 17.3. The Balaban J connectivity index is 1.67. The standard InChI is InChI=1S/C19H24N2O4/c1-3-24-15-8-6-7-14-11-16(25-19(14)15)13(2)20-17(22)12-21-10-5-4-9-18(21)23/h6-8,11,13H,3-5,9-10,12H2,1-2H3,(H,20,22). The molecule has 134 valence electrons. The van der Waals surface area contributed by atoms with Gasteiger partial charge in [0, 0.05) is 18.4 Å². The summed E-state index contributed by atoms with van der Waals surface area (Å²) in [5.41, 5.74) is 0.687. The number of likely N-dealkylation sites (tertiary alicyclic amines) is 1. The van der Waals surface area contributed by atoms with Crippen molar-refractivity contribution in [3.8, 4) is 5.75 Å². The van der Waals surface area contributed by atoms with Crippen LogP contribution in [-0.4, -0.2) is 36.4 Å². The number of ether oxygens (including phenoxy) is 1. The van der Waals surface area contributed by atoms with Crippen molar-refractivity contribution < 1.29 is 18.7 Å². The molecule has 1 aliphatic rings. The van der Waals surface area contributed by atoms with Gasteiger partial charge in [-0.1, -0.05) is 12.1 Å². The second kappa shape index (κ2) is 7.59. The van der Waals surface area contributed by atoms with Crippen LogP contribution in [0.15, 0.2) is 28.7 Å². The molecule has 25 heavy (non-hydrogen) atoms. The van der Waals surface area contributed by atoms with Gasteiger partial charge in [0.1, 0.15) is 5.76 Å². The number of fused-ring (bicyclic) bond motifs is 1. The van der Waals surface area contributed by atoms with Gasteiger partial charge in [-0.2, -0.15) is 0 Å². The van der Waals surface area contributed by atoms with E-state index in [1.54, 1.807) is 4.90 Å². The molecule has 6 nitrogen and oxygen atoms in total. The first-order valence-electron chi connectivity index (χ1n) is 8.81. The maximum atomic E-state index is 12.3. The van der Waals surface area contributed by atoms with Gasteiger partial charge >= 0.3 is 0 Å². The zero-order valence-corrected chi connectivity index (χ0v) is 14.7. The summed E-state index contributed by atoms with van der Waals surface area (Å²) >= 11 is 0. The number of hydrogen-bond donors (Lipinski definition) is 1. The Kier molecular flexibility index (Phi) is 5.26. The van der Waals surface area contributed by atoms with Crippen LogP contribution in [0.3, 0.4) is 0 Å². The molecule has 3 rings (SSSR count). The minimum Gasteiger partial charge on any atom is -0.490 e. The van der Waals surface area contributed by atoms with Gasteiger partial charge < -0.3 is 19.4 Å². The van der Waals surface area contributed by atoms with Crippen LogP contribution in [0, 0.1) is 0 Å². The molecule has 1 aromatic heterocycles. The average molecular weight is 344 g/mol. The van der Waals surface area contributed by atoms with E-state index in [0.717, 1.165) is 18.2 Å². The molecule has 2 heterocycles. The number of rotatable bonds is 6. The molecule has 0 saturated carbocycles. The highest BCUT2D eigenvalue weighted by Gasteiger charge is 2.22. The highest BCUT2D eigenvalue weighted by atomic mass is 16.5. The maximum absolute atomic E-state index is 12.3. The molecule has 6 heteroatoms. The van der Waals surface area contributed by atoms with Crippen LogP contribution in [0.4, 0.5) is 0 Å². The van der Waals surface area contributed by atoms with Crippen molar-refractivity contribution in [1.82, 2.24) is 10.2 Å². The predicted molar refractivity (Wildman–Crippen MR) is 94.4 cm³/mol. The van der Waals surface area contributed by atoms with Crippen LogP contribution < -0.4 is 10.1 Å². The zero-order chi connectivity index (χ0) is 17.8. The number of amides is 2. The number of para-hydroxylation sites is 1. The van der Waals surface area contributed by atoms with Crippen molar-refractivity contribution in [1.29, 1.82) is 0 Å². The molecule has 1 atom stereocenters. The lowest BCUT2D eigenvalue weighted by Gasteiger charge is -2.26. The quantitative estimate of drug-likeness (QED) is 0.874. The maximum Gasteiger partial charge on any atom is 0.240 e. The lowest BCUT2D eigenvalue weighted by atomic mass is 10.1. The minimum atomic E-state index is -0.283. The first-order chi connectivity index (χ1) is 12.1. The van der Waals surface area contributed by atoms with Crippen LogP contribution in [0.1, 0.15) is 44.9 Å². The van der Waals surface area contributed by atoms with E-state index in [9.17, 15) is 9.59 Å². The lowest BCUT2D eigenvalue weighted by molar-refractivity contribution is -0.138. The van der Waals surface area contributed by atoms with Crippen LogP contribution in [0.2, 0.25) is 0 Å². The number of benzene rings is 1. The third-order valence-electron chi connectivity index (χ3n) is 4.39. The number of carbonyl (C=O) groups is 2. The Labute approximate surface area is 147 Å². The third kappa shape index (κ3) is 3.95. The fraction of sp³-hybridized carbons (Fsp3) is 0.474. The SMILES string of the molecule is CCOc1cccc2cc(C(C)NC(=O)CN3CCCCC3=O)oc12. The fourth-order valence-electron chi connectivity index (χ4n) is 3.10. The molecule has 0 radical (unpaired) electrons. The second-order valence-corrected chi connectivity index (χ2v) is 6.32. The monoisotopic (exact) mass is 344 g/mol. The van der Waals surface area contributed by atoms with Gasteiger partial charge in [0.15, 0.2) is 11.3 Å². The normalized spacial score (nSPS) is 16.1. The van der Waals surface area contributed by atoms with E-state index in [4.69, 9.17) is 9.15 Å². The Morgan fingerprint density at radius 3 is 3.00 bits per heavy atom. The van der Waals surface area contributed by atoms with Gasteiger partial charge in [-0.25, -0.2) is 0 Å². The summed E-state index contributed by atoms with van der Waals surface area (Å²) in [4.78, 5) is 25.7. The summed E-state index contributed by atoms with van der Waals surface area (Å²) in [5.74, 6) is 1.25. The molecule has 0 bridgehead atoms. The van der Waals surface area contributed by atoms with Crippen molar-refractivity contribution >= 4 is 22.8 Å². The molecule has 1 unspecified atom stereocenters. The van der Waals surface area contributed by atoms with E-state index in [1.807, 2.05) is 38.1 Å². The Hall–Kier alpha value is -2.50. The molecule has 1 saturated heterocycles. The number of carbonyl (C=O) groups excluding carboxylic acids is 2. The van der Waals surface area contributed by atoms with Crippen molar-refractivity contribution in [3.63, 3.8) is 0 Å². The molecule has 2 aromatic rings. The van der Waals surface area contributed by atoms with Gasteiger partial charge in [0.2, 0.25) is 11.8 Å². The summed E-state index contributed by atoms with van der Waals surface area (Å²) in [6.07, 6.45) is 2.40. The molecule has 2 amide bonds. The molecule has 0 spiro atoms. The fourth-order valence-corrected chi connectivity index (χ4v) is 3.10. The van der Waals surface area contributed by atoms with Crippen molar-refractivity contribution in [3.05, 3.63) is 30.0 Å². The molecular weight excluding hydrogens is 320 g/mol. The van der Waals surface area contributed by atoms with E-state index in [0.29, 0.717) is 36.7 Å². The van der Waals surface area contributed by atoms with Gasteiger partial charge in [-0.3, -0.25) is 9.59 Å². The number of piperidine rings is 1. The Morgan fingerprint density at radius 2 is 2.24 bits per heavy atom. The van der Waals surface area contributed by atoms with Gasteiger partial charge in [0.25, 0.3) is 0 Å².